The zero-order chi connectivity index (χ0) is 9.68. The third kappa shape index (κ3) is 2.69. The Bertz CT molecular complexity index is 320. The lowest BCUT2D eigenvalue weighted by molar-refractivity contribution is 0.281. The molecule has 1 rings (SSSR count). The van der Waals surface area contributed by atoms with Crippen molar-refractivity contribution in [1.82, 2.24) is 9.97 Å². The summed E-state index contributed by atoms with van der Waals surface area (Å²) in [7, 11) is 0. The van der Waals surface area contributed by atoms with Gasteiger partial charge in [0.05, 0.1) is 6.61 Å². The van der Waals surface area contributed by atoms with E-state index in [0.717, 1.165) is 0 Å². The Hall–Kier alpha value is -1.67. The molecule has 5 nitrogen and oxygen atoms in total. The Morgan fingerprint density at radius 1 is 1.69 bits per heavy atom. The van der Waals surface area contributed by atoms with Gasteiger partial charge in [-0.1, -0.05) is 0 Å². The first-order chi connectivity index (χ1) is 6.26. The van der Waals surface area contributed by atoms with E-state index in [-0.39, 0.29) is 12.6 Å². The third-order valence-electron chi connectivity index (χ3n) is 1.45. The van der Waals surface area contributed by atoms with E-state index in [1.54, 1.807) is 0 Å². The Kier molecular flexibility index (Phi) is 3.17. The SMILES string of the molecule is CC(CO)Nc1cc(C#N)ncn1. The van der Waals surface area contributed by atoms with Crippen LogP contribution in [0.15, 0.2) is 12.4 Å². The highest BCUT2D eigenvalue weighted by atomic mass is 16.3. The summed E-state index contributed by atoms with van der Waals surface area (Å²) in [6.45, 7) is 1.83. The van der Waals surface area contributed by atoms with Crippen LogP contribution in [0.4, 0.5) is 5.82 Å². The molecule has 0 bridgehead atoms. The van der Waals surface area contributed by atoms with E-state index in [1.807, 2.05) is 13.0 Å². The first-order valence-electron chi connectivity index (χ1n) is 3.86. The summed E-state index contributed by atoms with van der Waals surface area (Å²) < 4.78 is 0. The number of nitrogens with one attached hydrogen (secondary N) is 1. The van der Waals surface area contributed by atoms with Gasteiger partial charge in [-0.3, -0.25) is 0 Å². The molecule has 1 aromatic heterocycles. The average Bonchev–Trinajstić information content (AvgIpc) is 2.18. The standard InChI is InChI=1S/C8H10N4O/c1-6(4-13)12-8-2-7(3-9)10-5-11-8/h2,5-6,13H,4H2,1H3,(H,10,11,12). The molecule has 0 radical (unpaired) electrons. The minimum Gasteiger partial charge on any atom is -0.394 e. The Labute approximate surface area is 76.1 Å². The lowest BCUT2D eigenvalue weighted by atomic mass is 10.3. The second-order valence-corrected chi connectivity index (χ2v) is 2.63. The van der Waals surface area contributed by atoms with E-state index < -0.39 is 0 Å². The van der Waals surface area contributed by atoms with Crippen LogP contribution in [0.3, 0.4) is 0 Å². The first kappa shape index (κ1) is 9.42. The zero-order valence-corrected chi connectivity index (χ0v) is 7.23. The lowest BCUT2D eigenvalue weighted by Gasteiger charge is -2.10. The molecule has 2 N–H and O–H groups in total. The van der Waals surface area contributed by atoms with E-state index in [1.165, 1.54) is 12.4 Å². The minimum absolute atomic E-state index is 0.0197. The van der Waals surface area contributed by atoms with E-state index in [2.05, 4.69) is 15.3 Å². The van der Waals surface area contributed by atoms with Gasteiger partial charge in [0.1, 0.15) is 23.9 Å². The monoisotopic (exact) mass is 178 g/mol. The Balaban J connectivity index is 2.73. The highest BCUT2D eigenvalue weighted by molar-refractivity contribution is 5.39. The number of nitrogens with zero attached hydrogens (tertiary/aromatic N) is 3. The van der Waals surface area contributed by atoms with Gasteiger partial charge in [-0.2, -0.15) is 5.26 Å². The molecule has 0 saturated heterocycles. The van der Waals surface area contributed by atoms with Crippen LogP contribution in [0.2, 0.25) is 0 Å². The maximum atomic E-state index is 8.75. The largest absolute Gasteiger partial charge is 0.394 e. The molecule has 0 aliphatic heterocycles. The van der Waals surface area contributed by atoms with Crippen LogP contribution in [0.5, 0.6) is 0 Å². The predicted octanol–water partition coefficient (Wildman–Crippen LogP) is 0.141. The van der Waals surface area contributed by atoms with Crippen molar-refractivity contribution in [1.29, 1.82) is 5.26 Å². The third-order valence-corrected chi connectivity index (χ3v) is 1.45. The van der Waals surface area contributed by atoms with Crippen molar-refractivity contribution in [2.75, 3.05) is 11.9 Å². The van der Waals surface area contributed by atoms with Gasteiger partial charge in [0, 0.05) is 12.1 Å². The Morgan fingerprint density at radius 2 is 2.46 bits per heavy atom. The van der Waals surface area contributed by atoms with Crippen molar-refractivity contribution in [2.24, 2.45) is 0 Å². The van der Waals surface area contributed by atoms with Gasteiger partial charge in [0.15, 0.2) is 0 Å². The average molecular weight is 178 g/mol. The number of aromatic nitrogens is 2. The van der Waals surface area contributed by atoms with Crippen LogP contribution >= 0.6 is 0 Å². The summed E-state index contributed by atoms with van der Waals surface area (Å²) in [5, 5.41) is 20.2. The van der Waals surface area contributed by atoms with E-state index >= 15 is 0 Å². The molecule has 0 spiro atoms. The summed E-state index contributed by atoms with van der Waals surface area (Å²) >= 11 is 0. The highest BCUT2D eigenvalue weighted by Gasteiger charge is 2.01. The molecule has 1 heterocycles. The fraction of sp³-hybridized carbons (Fsp3) is 0.375. The number of rotatable bonds is 3. The molecule has 0 aromatic carbocycles. The smallest absolute Gasteiger partial charge is 0.145 e. The normalized spacial score (nSPS) is 11.8. The summed E-state index contributed by atoms with van der Waals surface area (Å²) in [6, 6.07) is 3.36. The van der Waals surface area contributed by atoms with Crippen LogP contribution in [-0.4, -0.2) is 27.7 Å². The number of nitriles is 1. The Morgan fingerprint density at radius 3 is 3.08 bits per heavy atom. The molecule has 0 aliphatic carbocycles. The van der Waals surface area contributed by atoms with Crippen LogP contribution < -0.4 is 5.32 Å². The maximum absolute atomic E-state index is 8.75. The fourth-order valence-electron chi connectivity index (χ4n) is 0.795. The number of hydrogen-bond acceptors (Lipinski definition) is 5. The first-order valence-corrected chi connectivity index (χ1v) is 3.86. The van der Waals surface area contributed by atoms with Gasteiger partial charge >= 0.3 is 0 Å². The molecule has 0 fully saturated rings. The van der Waals surface area contributed by atoms with Crippen molar-refractivity contribution in [3.63, 3.8) is 0 Å². The molecule has 13 heavy (non-hydrogen) atoms. The zero-order valence-electron chi connectivity index (χ0n) is 7.23. The predicted molar refractivity (Wildman–Crippen MR) is 46.9 cm³/mol. The van der Waals surface area contributed by atoms with Crippen LogP contribution in [0, 0.1) is 11.3 Å². The van der Waals surface area contributed by atoms with Gasteiger partial charge in [-0.25, -0.2) is 9.97 Å². The molecule has 0 aliphatic rings. The van der Waals surface area contributed by atoms with Gasteiger partial charge in [0.2, 0.25) is 0 Å². The number of anilines is 1. The van der Waals surface area contributed by atoms with Crippen molar-refractivity contribution in [3.05, 3.63) is 18.1 Å². The summed E-state index contributed by atoms with van der Waals surface area (Å²) in [4.78, 5) is 7.61. The van der Waals surface area contributed by atoms with Gasteiger partial charge < -0.3 is 10.4 Å². The molecule has 1 aromatic rings. The summed E-state index contributed by atoms with van der Waals surface area (Å²) in [5.74, 6) is 0.549. The molecule has 0 amide bonds. The minimum atomic E-state index is -0.0820. The molecule has 68 valence electrons. The maximum Gasteiger partial charge on any atom is 0.145 e. The second kappa shape index (κ2) is 4.38. The number of aliphatic hydroxyl groups is 1. The molecule has 1 unspecified atom stereocenters. The van der Waals surface area contributed by atoms with Gasteiger partial charge in [0.25, 0.3) is 0 Å². The van der Waals surface area contributed by atoms with E-state index in [4.69, 9.17) is 10.4 Å². The van der Waals surface area contributed by atoms with E-state index in [9.17, 15) is 0 Å². The summed E-state index contributed by atoms with van der Waals surface area (Å²) in [6.07, 6.45) is 1.31. The second-order valence-electron chi connectivity index (χ2n) is 2.63. The van der Waals surface area contributed by atoms with Crippen LogP contribution in [0.25, 0.3) is 0 Å². The molecule has 1 atom stereocenters. The van der Waals surface area contributed by atoms with Crippen LogP contribution in [0.1, 0.15) is 12.6 Å². The van der Waals surface area contributed by atoms with Crippen molar-refractivity contribution >= 4 is 5.82 Å². The molecule has 0 saturated carbocycles. The molecule has 5 heteroatoms. The van der Waals surface area contributed by atoms with Crippen molar-refractivity contribution in [3.8, 4) is 6.07 Å². The quantitative estimate of drug-likeness (QED) is 0.688. The number of aliphatic hydroxyl groups excluding tert-OH is 1. The van der Waals surface area contributed by atoms with E-state index in [0.29, 0.717) is 11.5 Å². The fourth-order valence-corrected chi connectivity index (χ4v) is 0.795. The van der Waals surface area contributed by atoms with Crippen LogP contribution in [-0.2, 0) is 0 Å². The lowest BCUT2D eigenvalue weighted by Crippen LogP contribution is -2.20. The highest BCUT2D eigenvalue weighted by Crippen LogP contribution is 2.04. The topological polar surface area (TPSA) is 81.8 Å². The van der Waals surface area contributed by atoms with Crippen molar-refractivity contribution < 1.29 is 5.11 Å². The number of hydrogen-bond donors (Lipinski definition) is 2. The van der Waals surface area contributed by atoms with Crippen molar-refractivity contribution in [2.45, 2.75) is 13.0 Å². The molecular formula is C8H10N4O. The summed E-state index contributed by atoms with van der Waals surface area (Å²) in [5.41, 5.74) is 0.308. The van der Waals surface area contributed by atoms with Gasteiger partial charge in [-0.05, 0) is 6.92 Å². The van der Waals surface area contributed by atoms with Gasteiger partial charge in [-0.15, -0.1) is 0 Å². The molecular weight excluding hydrogens is 168 g/mol.